The maximum Gasteiger partial charge on any atom is 0.325 e. The molecule has 9 nitrogen and oxygen atoms in total. The van der Waals surface area contributed by atoms with Crippen LogP contribution in [-0.2, 0) is 9.59 Å². The van der Waals surface area contributed by atoms with Gasteiger partial charge < -0.3 is 15.3 Å². The van der Waals surface area contributed by atoms with Crippen molar-refractivity contribution >= 4 is 34.1 Å². The van der Waals surface area contributed by atoms with Crippen molar-refractivity contribution in [2.75, 3.05) is 6.54 Å². The van der Waals surface area contributed by atoms with Gasteiger partial charge >= 0.3 is 11.0 Å². The highest BCUT2D eigenvalue weighted by Gasteiger charge is 2.36. The van der Waals surface area contributed by atoms with E-state index in [0.29, 0.717) is 19.4 Å². The number of aliphatic carboxylic acids is 1. The summed E-state index contributed by atoms with van der Waals surface area (Å²) in [7, 11) is 0. The quantitative estimate of drug-likeness (QED) is 0.603. The van der Waals surface area contributed by atoms with Crippen molar-refractivity contribution in [3.05, 3.63) is 27.1 Å². The number of rotatable bonds is 5. The topological polar surface area (TPSA) is 130 Å². The van der Waals surface area contributed by atoms with Gasteiger partial charge in [0.1, 0.15) is 12.1 Å². The molecule has 10 heteroatoms. The number of carbonyl (C=O) groups excluding carboxylic acids is 2. The molecule has 0 spiro atoms. The second-order valence-electron chi connectivity index (χ2n) is 5.12. The summed E-state index contributed by atoms with van der Waals surface area (Å²) in [6.45, 7) is 1.69. The number of nitrogens with one attached hydrogen (secondary N) is 1. The lowest BCUT2D eigenvalue weighted by Gasteiger charge is -2.24. The summed E-state index contributed by atoms with van der Waals surface area (Å²) >= 11 is 0.752. The molecule has 0 aromatic carbocycles. The summed E-state index contributed by atoms with van der Waals surface area (Å²) in [4.78, 5) is 47.0. The van der Waals surface area contributed by atoms with Crippen LogP contribution in [0.2, 0.25) is 0 Å². The minimum Gasteiger partial charge on any atom is -0.480 e. The Morgan fingerprint density at radius 3 is 2.74 bits per heavy atom. The van der Waals surface area contributed by atoms with E-state index >= 15 is 0 Å². The van der Waals surface area contributed by atoms with Gasteiger partial charge in [-0.05, 0) is 25.8 Å². The highest BCUT2D eigenvalue weighted by molar-refractivity contribution is 7.17. The fraction of sp³-hybridized carbons (Fsp3) is 0.462. The van der Waals surface area contributed by atoms with Gasteiger partial charge in [0.25, 0.3) is 5.91 Å². The summed E-state index contributed by atoms with van der Waals surface area (Å²) < 4.78 is 0. The maximum atomic E-state index is 12.4. The molecule has 1 saturated heterocycles. The third-order valence-corrected chi connectivity index (χ3v) is 4.55. The second kappa shape index (κ2) is 6.73. The Morgan fingerprint density at radius 2 is 2.17 bits per heavy atom. The molecule has 1 aromatic heterocycles. The van der Waals surface area contributed by atoms with Gasteiger partial charge in [0.2, 0.25) is 5.91 Å². The Hall–Kier alpha value is -2.49. The summed E-state index contributed by atoms with van der Waals surface area (Å²) in [5.74, 6) is -2.15. The Bertz CT molecular complexity index is 658. The Morgan fingerprint density at radius 1 is 1.48 bits per heavy atom. The molecule has 2 atom stereocenters. The molecule has 1 aromatic rings. The predicted octanol–water partition coefficient (Wildman–Crippen LogP) is 0.850. The first-order chi connectivity index (χ1) is 10.8. The van der Waals surface area contributed by atoms with Gasteiger partial charge in [0.15, 0.2) is 0 Å². The largest absolute Gasteiger partial charge is 0.480 e. The normalized spacial score (nSPS) is 18.5. The number of carboxylic acids is 1. The number of nitrogens with zero attached hydrogens (tertiary/aromatic N) is 2. The van der Waals surface area contributed by atoms with Crippen LogP contribution in [0.4, 0.5) is 5.00 Å². The highest BCUT2D eigenvalue weighted by Crippen LogP contribution is 2.28. The Kier molecular flexibility index (Phi) is 4.94. The Labute approximate surface area is 135 Å². The van der Waals surface area contributed by atoms with Gasteiger partial charge in [-0.15, -0.1) is 0 Å². The van der Waals surface area contributed by atoms with E-state index in [0.717, 1.165) is 11.3 Å². The molecular formula is C13H15N3O6S. The lowest BCUT2D eigenvalue weighted by atomic mass is 10.2. The number of carboxylic acid groups (broad SMARTS) is 1. The average Bonchev–Trinajstić information content (AvgIpc) is 3.15. The molecule has 0 bridgehead atoms. The van der Waals surface area contributed by atoms with Crippen LogP contribution >= 0.6 is 11.3 Å². The fourth-order valence-electron chi connectivity index (χ4n) is 2.34. The van der Waals surface area contributed by atoms with E-state index in [4.69, 9.17) is 5.11 Å². The number of likely N-dealkylation sites (tertiary alicyclic amines) is 1. The average molecular weight is 341 g/mol. The van der Waals surface area contributed by atoms with Gasteiger partial charge in [0.05, 0.1) is 9.80 Å². The highest BCUT2D eigenvalue weighted by atomic mass is 32.1. The van der Waals surface area contributed by atoms with Gasteiger partial charge in [-0.25, -0.2) is 0 Å². The molecule has 23 heavy (non-hydrogen) atoms. The van der Waals surface area contributed by atoms with Crippen molar-refractivity contribution in [2.24, 2.45) is 0 Å². The van der Waals surface area contributed by atoms with E-state index in [1.165, 1.54) is 24.0 Å². The van der Waals surface area contributed by atoms with Gasteiger partial charge in [-0.1, -0.05) is 11.3 Å². The van der Waals surface area contributed by atoms with E-state index in [1.807, 2.05) is 0 Å². The van der Waals surface area contributed by atoms with Crippen LogP contribution in [0.3, 0.4) is 0 Å². The maximum absolute atomic E-state index is 12.4. The van der Waals surface area contributed by atoms with Crippen molar-refractivity contribution in [2.45, 2.75) is 31.8 Å². The van der Waals surface area contributed by atoms with Gasteiger partial charge in [0, 0.05) is 12.6 Å². The molecule has 2 rings (SSSR count). The van der Waals surface area contributed by atoms with Crippen molar-refractivity contribution in [1.29, 1.82) is 0 Å². The zero-order chi connectivity index (χ0) is 17.1. The SMILES string of the molecule is C[C@@H](NC(=O)C1CCCN1C(=O)c1ccc([N+](=O)[O-])s1)C(=O)O. The lowest BCUT2D eigenvalue weighted by Crippen LogP contribution is -2.49. The van der Waals surface area contributed by atoms with E-state index in [9.17, 15) is 24.5 Å². The van der Waals surface area contributed by atoms with Crippen LogP contribution in [0.5, 0.6) is 0 Å². The van der Waals surface area contributed by atoms with Crippen LogP contribution < -0.4 is 5.32 Å². The molecule has 0 radical (unpaired) electrons. The molecule has 124 valence electrons. The van der Waals surface area contributed by atoms with E-state index in [-0.39, 0.29) is 9.88 Å². The van der Waals surface area contributed by atoms with Crippen LogP contribution in [0.25, 0.3) is 0 Å². The van der Waals surface area contributed by atoms with E-state index in [2.05, 4.69) is 5.32 Å². The van der Waals surface area contributed by atoms with E-state index in [1.54, 1.807) is 0 Å². The molecule has 1 fully saturated rings. The first-order valence-corrected chi connectivity index (χ1v) is 7.71. The minimum atomic E-state index is -1.16. The first-order valence-electron chi connectivity index (χ1n) is 6.89. The van der Waals surface area contributed by atoms with Gasteiger partial charge in [-0.3, -0.25) is 24.5 Å². The van der Waals surface area contributed by atoms with E-state index < -0.39 is 34.8 Å². The molecule has 1 aliphatic heterocycles. The number of hydrogen-bond donors (Lipinski definition) is 2. The van der Waals surface area contributed by atoms with Crippen molar-refractivity contribution in [3.8, 4) is 0 Å². The number of hydrogen-bond acceptors (Lipinski definition) is 6. The fourth-order valence-corrected chi connectivity index (χ4v) is 3.11. The van der Waals surface area contributed by atoms with Crippen molar-refractivity contribution in [1.82, 2.24) is 10.2 Å². The standard InChI is InChI=1S/C13H15N3O6S/c1-7(13(19)20)14-11(17)8-3-2-6-15(8)12(18)9-4-5-10(23-9)16(21)22/h4-5,7-8H,2-3,6H2,1H3,(H,14,17)(H,19,20)/t7-,8?/m1/s1. The third kappa shape index (κ3) is 3.65. The molecule has 2 amide bonds. The van der Waals surface area contributed by atoms with Gasteiger partial charge in [-0.2, -0.15) is 0 Å². The number of thiophene rings is 1. The summed E-state index contributed by atoms with van der Waals surface area (Å²) in [6.07, 6.45) is 1.04. The van der Waals surface area contributed by atoms with Crippen LogP contribution in [-0.4, -0.2) is 51.3 Å². The monoisotopic (exact) mass is 341 g/mol. The number of carbonyl (C=O) groups is 3. The zero-order valence-electron chi connectivity index (χ0n) is 12.2. The minimum absolute atomic E-state index is 0.145. The lowest BCUT2D eigenvalue weighted by molar-refractivity contribution is -0.380. The predicted molar refractivity (Wildman–Crippen MR) is 80.3 cm³/mol. The van der Waals surface area contributed by atoms with Crippen molar-refractivity contribution in [3.63, 3.8) is 0 Å². The molecule has 1 unspecified atom stereocenters. The number of amides is 2. The third-order valence-electron chi connectivity index (χ3n) is 3.53. The first kappa shape index (κ1) is 16.9. The summed E-state index contributed by atoms with van der Waals surface area (Å²) in [6, 6.07) is 0.793. The molecule has 0 aliphatic carbocycles. The van der Waals surface area contributed by atoms with Crippen LogP contribution in [0.15, 0.2) is 12.1 Å². The second-order valence-corrected chi connectivity index (χ2v) is 6.18. The smallest absolute Gasteiger partial charge is 0.325 e. The summed E-state index contributed by atoms with van der Waals surface area (Å²) in [5, 5.41) is 21.7. The zero-order valence-corrected chi connectivity index (χ0v) is 13.0. The molecule has 2 heterocycles. The molecule has 0 saturated carbocycles. The molecule has 1 aliphatic rings. The van der Waals surface area contributed by atoms with Crippen LogP contribution in [0, 0.1) is 10.1 Å². The van der Waals surface area contributed by atoms with Crippen molar-refractivity contribution < 1.29 is 24.4 Å². The van der Waals surface area contributed by atoms with Crippen LogP contribution in [0.1, 0.15) is 29.4 Å². The molecule has 2 N–H and O–H groups in total. The Balaban J connectivity index is 2.11. The number of nitro groups is 1. The molecular weight excluding hydrogens is 326 g/mol. The summed E-state index contributed by atoms with van der Waals surface area (Å²) in [5.41, 5.74) is 0.